The molecule has 36 heavy (non-hydrogen) atoms. The number of nitrogens with zero attached hydrogens (tertiary/aromatic N) is 1. The highest BCUT2D eigenvalue weighted by Gasteiger charge is 2.55. The molecule has 1 aliphatic carbocycles. The molecule has 0 bridgehead atoms. The second kappa shape index (κ2) is 10.2. The molecule has 5 rings (SSSR count). The van der Waals surface area contributed by atoms with Crippen molar-refractivity contribution < 1.29 is 28.5 Å². The molecular weight excluding hydrogens is 482 g/mol. The van der Waals surface area contributed by atoms with Gasteiger partial charge in [0.15, 0.2) is 5.79 Å². The number of halogens is 1. The van der Waals surface area contributed by atoms with Gasteiger partial charge in [0.25, 0.3) is 5.91 Å². The fourth-order valence-electron chi connectivity index (χ4n) is 5.85. The Hall–Kier alpha value is -2.32. The summed E-state index contributed by atoms with van der Waals surface area (Å²) in [5, 5.41) is 0.451. The van der Waals surface area contributed by atoms with Crippen LogP contribution in [0.25, 0.3) is 0 Å². The number of rotatable bonds is 8. The zero-order valence-corrected chi connectivity index (χ0v) is 21.9. The first-order valence-electron chi connectivity index (χ1n) is 12.6. The van der Waals surface area contributed by atoms with E-state index >= 15 is 0 Å². The van der Waals surface area contributed by atoms with Crippen molar-refractivity contribution >= 4 is 17.5 Å². The van der Waals surface area contributed by atoms with E-state index in [0.29, 0.717) is 49.3 Å². The Morgan fingerprint density at radius 3 is 2.36 bits per heavy atom. The Morgan fingerprint density at radius 1 is 1.03 bits per heavy atom. The number of hydrogen-bond donors (Lipinski definition) is 0. The van der Waals surface area contributed by atoms with Crippen LogP contribution in [0.2, 0.25) is 5.02 Å². The molecule has 2 fully saturated rings. The van der Waals surface area contributed by atoms with E-state index in [1.807, 2.05) is 35.2 Å². The minimum Gasteiger partial charge on any atom is -0.497 e. The van der Waals surface area contributed by atoms with Gasteiger partial charge in [0.2, 0.25) is 0 Å². The van der Waals surface area contributed by atoms with E-state index in [1.165, 1.54) is 0 Å². The molecule has 2 aliphatic heterocycles. The summed E-state index contributed by atoms with van der Waals surface area (Å²) in [5.74, 6) is 1.05. The van der Waals surface area contributed by atoms with Gasteiger partial charge in [-0.15, -0.1) is 0 Å². The van der Waals surface area contributed by atoms with Crippen LogP contribution in [0, 0.1) is 5.92 Å². The summed E-state index contributed by atoms with van der Waals surface area (Å²) in [6, 6.07) is 11.6. The van der Waals surface area contributed by atoms with Gasteiger partial charge in [-0.05, 0) is 54.2 Å². The Bertz CT molecular complexity index is 1090. The molecule has 1 atom stereocenters. The predicted molar refractivity (Wildman–Crippen MR) is 136 cm³/mol. The number of carbonyl (C=O) groups is 1. The molecule has 2 aromatic carbocycles. The molecule has 7 nitrogen and oxygen atoms in total. The van der Waals surface area contributed by atoms with Crippen molar-refractivity contribution in [3.8, 4) is 11.5 Å². The standard InChI is InChI=1S/C28H34ClNO6/c1-19(17-34-18-20-4-6-21(32-2)7-5-20)16-30-26(31)22-14-24(29)25(33-3)15-23(22)27(30)8-10-28(11-9-27)35-12-13-36-28/h4-7,14-15,19H,8-13,16-18H2,1-3H3/t19-/m1/s1. The lowest BCUT2D eigenvalue weighted by molar-refractivity contribution is -0.193. The summed E-state index contributed by atoms with van der Waals surface area (Å²) in [7, 11) is 3.26. The molecule has 2 aromatic rings. The van der Waals surface area contributed by atoms with Crippen LogP contribution in [0.3, 0.4) is 0 Å². The number of benzene rings is 2. The second-order valence-corrected chi connectivity index (χ2v) is 10.5. The van der Waals surface area contributed by atoms with Crippen LogP contribution < -0.4 is 9.47 Å². The zero-order chi connectivity index (χ0) is 25.3. The Morgan fingerprint density at radius 2 is 1.72 bits per heavy atom. The molecule has 1 saturated heterocycles. The van der Waals surface area contributed by atoms with Crippen LogP contribution in [-0.4, -0.2) is 57.2 Å². The summed E-state index contributed by atoms with van der Waals surface area (Å²) in [6.07, 6.45) is 3.00. The first-order chi connectivity index (χ1) is 17.4. The molecule has 194 valence electrons. The van der Waals surface area contributed by atoms with E-state index in [0.717, 1.165) is 42.6 Å². The van der Waals surface area contributed by atoms with Crippen molar-refractivity contribution in [2.45, 2.75) is 50.5 Å². The lowest BCUT2D eigenvalue weighted by Gasteiger charge is -2.47. The highest BCUT2D eigenvalue weighted by molar-refractivity contribution is 6.32. The molecule has 1 amide bonds. The SMILES string of the molecule is COc1ccc(COC[C@H](C)CN2C(=O)c3cc(Cl)c(OC)cc3C23CCC2(CC3)OCCO2)cc1. The first-order valence-corrected chi connectivity index (χ1v) is 13.0. The smallest absolute Gasteiger partial charge is 0.255 e. The second-order valence-electron chi connectivity index (χ2n) is 10.1. The van der Waals surface area contributed by atoms with Gasteiger partial charge in [-0.1, -0.05) is 30.7 Å². The van der Waals surface area contributed by atoms with Gasteiger partial charge in [0.1, 0.15) is 11.5 Å². The molecule has 1 saturated carbocycles. The van der Waals surface area contributed by atoms with Crippen molar-refractivity contribution in [3.05, 3.63) is 58.1 Å². The minimum absolute atomic E-state index is 0.0146. The molecule has 0 N–H and O–H groups in total. The lowest BCUT2D eigenvalue weighted by Crippen LogP contribution is -2.51. The molecule has 2 heterocycles. The van der Waals surface area contributed by atoms with Crippen molar-refractivity contribution in [1.82, 2.24) is 4.90 Å². The monoisotopic (exact) mass is 515 g/mol. The van der Waals surface area contributed by atoms with E-state index in [2.05, 4.69) is 6.92 Å². The first kappa shape index (κ1) is 25.3. The van der Waals surface area contributed by atoms with Crippen molar-refractivity contribution in [2.75, 3.05) is 40.6 Å². The zero-order valence-electron chi connectivity index (χ0n) is 21.2. The van der Waals surface area contributed by atoms with Crippen molar-refractivity contribution in [3.63, 3.8) is 0 Å². The van der Waals surface area contributed by atoms with Crippen LogP contribution in [0.4, 0.5) is 0 Å². The third kappa shape index (κ3) is 4.58. The summed E-state index contributed by atoms with van der Waals surface area (Å²) < 4.78 is 28.7. The van der Waals surface area contributed by atoms with Crippen molar-refractivity contribution in [1.29, 1.82) is 0 Å². The molecule has 3 aliphatic rings. The van der Waals surface area contributed by atoms with Gasteiger partial charge < -0.3 is 28.6 Å². The minimum atomic E-state index is -0.522. The van der Waals surface area contributed by atoms with E-state index in [4.69, 9.17) is 35.3 Å². The number of hydrogen-bond acceptors (Lipinski definition) is 6. The molecule has 0 aromatic heterocycles. The van der Waals surface area contributed by atoms with E-state index in [9.17, 15) is 4.79 Å². The topological polar surface area (TPSA) is 66.5 Å². The maximum Gasteiger partial charge on any atom is 0.255 e. The number of ether oxygens (including phenoxy) is 5. The van der Waals surface area contributed by atoms with Gasteiger partial charge in [-0.2, -0.15) is 0 Å². The van der Waals surface area contributed by atoms with Crippen LogP contribution in [0.5, 0.6) is 11.5 Å². The van der Waals surface area contributed by atoms with Crippen LogP contribution in [-0.2, 0) is 26.4 Å². The average molecular weight is 516 g/mol. The third-order valence-corrected chi connectivity index (χ3v) is 8.06. The van der Waals surface area contributed by atoms with E-state index in [1.54, 1.807) is 20.3 Å². The van der Waals surface area contributed by atoms with Crippen molar-refractivity contribution in [2.24, 2.45) is 5.92 Å². The fourth-order valence-corrected chi connectivity index (χ4v) is 6.09. The molecule has 8 heteroatoms. The predicted octanol–water partition coefficient (Wildman–Crippen LogP) is 5.18. The number of methoxy groups -OCH3 is 2. The Kier molecular flexibility index (Phi) is 7.18. The van der Waals surface area contributed by atoms with Gasteiger partial charge in [0, 0.05) is 24.9 Å². The normalized spacial score (nSPS) is 20.7. The number of carbonyl (C=O) groups excluding carboxylic acids is 1. The maximum atomic E-state index is 13.7. The lowest BCUT2D eigenvalue weighted by atomic mass is 9.74. The molecule has 0 unspecified atom stereocenters. The third-order valence-electron chi connectivity index (χ3n) is 7.76. The highest BCUT2D eigenvalue weighted by Crippen LogP contribution is 2.54. The van der Waals surface area contributed by atoms with Crippen LogP contribution in [0.1, 0.15) is 54.1 Å². The summed E-state index contributed by atoms with van der Waals surface area (Å²) in [5.41, 5.74) is 2.30. The largest absolute Gasteiger partial charge is 0.497 e. The Balaban J connectivity index is 1.32. The quantitative estimate of drug-likeness (QED) is 0.482. The number of fused-ring (bicyclic) bond motifs is 2. The van der Waals surface area contributed by atoms with Crippen LogP contribution in [0.15, 0.2) is 36.4 Å². The van der Waals surface area contributed by atoms with Gasteiger partial charge in [-0.25, -0.2) is 0 Å². The average Bonchev–Trinajstić information content (AvgIpc) is 3.43. The molecule has 2 spiro atoms. The van der Waals surface area contributed by atoms with E-state index in [-0.39, 0.29) is 11.8 Å². The van der Waals surface area contributed by atoms with Gasteiger partial charge in [-0.3, -0.25) is 4.79 Å². The highest BCUT2D eigenvalue weighted by atomic mass is 35.5. The van der Waals surface area contributed by atoms with Gasteiger partial charge >= 0.3 is 0 Å². The summed E-state index contributed by atoms with van der Waals surface area (Å²) in [6.45, 7) is 5.01. The van der Waals surface area contributed by atoms with E-state index < -0.39 is 11.3 Å². The Labute approximate surface area is 217 Å². The molecular formula is C28H34ClNO6. The number of amides is 1. The van der Waals surface area contributed by atoms with Gasteiger partial charge in [0.05, 0.1) is 51.2 Å². The summed E-state index contributed by atoms with van der Waals surface area (Å²) >= 11 is 6.43. The fraction of sp³-hybridized carbons (Fsp3) is 0.536. The maximum absolute atomic E-state index is 13.7. The van der Waals surface area contributed by atoms with Crippen LogP contribution >= 0.6 is 11.6 Å². The summed E-state index contributed by atoms with van der Waals surface area (Å²) in [4.78, 5) is 15.8. The molecule has 0 radical (unpaired) electrons.